The minimum Gasteiger partial charge on any atom is -0.326 e. The molecule has 25 heavy (non-hydrogen) atoms. The van der Waals surface area contributed by atoms with Crippen LogP contribution in [0.25, 0.3) is 11.3 Å². The third kappa shape index (κ3) is 3.62. The molecule has 3 rings (SSSR count). The lowest BCUT2D eigenvalue weighted by atomic mass is 10.1. The van der Waals surface area contributed by atoms with E-state index in [2.05, 4.69) is 5.10 Å². The SMILES string of the molecule is Cc1cc(-c2ccc(F)c(CN)c2)nn(Cc2ccccc2Cl)c1=O. The van der Waals surface area contributed by atoms with Crippen molar-refractivity contribution >= 4 is 11.6 Å². The molecule has 0 radical (unpaired) electrons. The second-order valence-electron chi connectivity index (χ2n) is 5.78. The molecule has 0 atom stereocenters. The number of aryl methyl sites for hydroxylation is 1. The molecular formula is C19H17ClFN3O. The van der Waals surface area contributed by atoms with E-state index in [1.165, 1.54) is 10.7 Å². The topological polar surface area (TPSA) is 60.9 Å². The molecule has 0 amide bonds. The molecule has 6 heteroatoms. The van der Waals surface area contributed by atoms with Crippen LogP contribution in [0.3, 0.4) is 0 Å². The Morgan fingerprint density at radius 2 is 1.92 bits per heavy atom. The largest absolute Gasteiger partial charge is 0.326 e. The van der Waals surface area contributed by atoms with Crippen molar-refractivity contribution < 1.29 is 4.39 Å². The Morgan fingerprint density at radius 1 is 1.16 bits per heavy atom. The molecule has 0 saturated heterocycles. The number of nitrogens with two attached hydrogens (primary N) is 1. The van der Waals surface area contributed by atoms with Crippen molar-refractivity contribution in [3.8, 4) is 11.3 Å². The summed E-state index contributed by atoms with van der Waals surface area (Å²) in [6.45, 7) is 2.08. The van der Waals surface area contributed by atoms with Crippen molar-refractivity contribution in [2.45, 2.75) is 20.0 Å². The second kappa shape index (κ2) is 7.17. The Morgan fingerprint density at radius 3 is 2.64 bits per heavy atom. The molecule has 2 aromatic carbocycles. The molecule has 0 spiro atoms. The van der Waals surface area contributed by atoms with Gasteiger partial charge in [0, 0.05) is 28.3 Å². The average Bonchev–Trinajstić information content (AvgIpc) is 2.61. The third-order valence-corrected chi connectivity index (χ3v) is 4.36. The number of halogens is 2. The molecule has 1 heterocycles. The van der Waals surface area contributed by atoms with Crippen LogP contribution in [0, 0.1) is 12.7 Å². The second-order valence-corrected chi connectivity index (χ2v) is 6.18. The van der Waals surface area contributed by atoms with E-state index < -0.39 is 0 Å². The number of aromatic nitrogens is 2. The highest BCUT2D eigenvalue weighted by molar-refractivity contribution is 6.31. The van der Waals surface area contributed by atoms with Crippen molar-refractivity contribution in [3.63, 3.8) is 0 Å². The van der Waals surface area contributed by atoms with Crippen molar-refractivity contribution in [2.75, 3.05) is 0 Å². The van der Waals surface area contributed by atoms with Gasteiger partial charge in [-0.25, -0.2) is 9.07 Å². The summed E-state index contributed by atoms with van der Waals surface area (Å²) in [4.78, 5) is 12.4. The van der Waals surface area contributed by atoms with E-state index in [0.717, 1.165) is 5.56 Å². The number of benzene rings is 2. The van der Waals surface area contributed by atoms with E-state index in [4.69, 9.17) is 17.3 Å². The molecule has 0 saturated carbocycles. The molecular weight excluding hydrogens is 341 g/mol. The molecule has 0 aliphatic rings. The van der Waals surface area contributed by atoms with Crippen molar-refractivity contribution in [3.05, 3.63) is 86.4 Å². The van der Waals surface area contributed by atoms with Crippen LogP contribution in [-0.2, 0) is 13.1 Å². The zero-order chi connectivity index (χ0) is 18.0. The van der Waals surface area contributed by atoms with Crippen LogP contribution in [-0.4, -0.2) is 9.78 Å². The quantitative estimate of drug-likeness (QED) is 0.777. The van der Waals surface area contributed by atoms with E-state index in [-0.39, 0.29) is 24.5 Å². The van der Waals surface area contributed by atoms with Gasteiger partial charge in [0.2, 0.25) is 0 Å². The van der Waals surface area contributed by atoms with Gasteiger partial charge in [-0.3, -0.25) is 4.79 Å². The smallest absolute Gasteiger partial charge is 0.270 e. The van der Waals surface area contributed by atoms with E-state index in [0.29, 0.717) is 27.4 Å². The van der Waals surface area contributed by atoms with Gasteiger partial charge in [-0.15, -0.1) is 0 Å². The van der Waals surface area contributed by atoms with E-state index in [1.807, 2.05) is 18.2 Å². The molecule has 0 aliphatic heterocycles. The summed E-state index contributed by atoms with van der Waals surface area (Å²) in [5.41, 5.74) is 8.43. The van der Waals surface area contributed by atoms with Gasteiger partial charge in [0.05, 0.1) is 12.2 Å². The minimum atomic E-state index is -0.354. The summed E-state index contributed by atoms with van der Waals surface area (Å²) in [5.74, 6) is -0.354. The first-order valence-corrected chi connectivity index (χ1v) is 8.18. The molecule has 3 aromatic rings. The standard InChI is InChI=1S/C19H17ClFN3O/c1-12-8-18(13-6-7-17(21)15(9-13)10-22)23-24(19(12)25)11-14-4-2-3-5-16(14)20/h2-9H,10-11,22H2,1H3. The predicted molar refractivity (Wildman–Crippen MR) is 97.1 cm³/mol. The van der Waals surface area contributed by atoms with Gasteiger partial charge in [0.15, 0.2) is 0 Å². The molecule has 0 fully saturated rings. The van der Waals surface area contributed by atoms with Crippen LogP contribution in [0.1, 0.15) is 16.7 Å². The van der Waals surface area contributed by atoms with Crippen molar-refractivity contribution in [1.29, 1.82) is 0 Å². The summed E-state index contributed by atoms with van der Waals surface area (Å²) >= 11 is 6.18. The zero-order valence-electron chi connectivity index (χ0n) is 13.7. The van der Waals surface area contributed by atoms with E-state index in [1.54, 1.807) is 31.2 Å². The van der Waals surface area contributed by atoms with Crippen LogP contribution in [0.2, 0.25) is 5.02 Å². The van der Waals surface area contributed by atoms with Crippen LogP contribution < -0.4 is 11.3 Å². The van der Waals surface area contributed by atoms with Gasteiger partial charge in [-0.1, -0.05) is 29.8 Å². The first-order chi connectivity index (χ1) is 12.0. The Labute approximate surface area is 149 Å². The molecule has 0 unspecified atom stereocenters. The Balaban J connectivity index is 2.07. The predicted octanol–water partition coefficient (Wildman–Crippen LogP) is 3.52. The number of rotatable bonds is 4. The summed E-state index contributed by atoms with van der Waals surface area (Å²) < 4.78 is 15.0. The Bertz CT molecular complexity index is 985. The third-order valence-electron chi connectivity index (χ3n) is 3.99. The maximum Gasteiger partial charge on any atom is 0.270 e. The van der Waals surface area contributed by atoms with Crippen molar-refractivity contribution in [2.24, 2.45) is 5.73 Å². The molecule has 128 valence electrons. The number of hydrogen-bond acceptors (Lipinski definition) is 3. The van der Waals surface area contributed by atoms with Crippen LogP contribution in [0.15, 0.2) is 53.3 Å². The van der Waals surface area contributed by atoms with Crippen LogP contribution in [0.4, 0.5) is 4.39 Å². The van der Waals surface area contributed by atoms with Crippen LogP contribution in [0.5, 0.6) is 0 Å². The number of hydrogen-bond donors (Lipinski definition) is 1. The van der Waals surface area contributed by atoms with Gasteiger partial charge in [-0.05, 0) is 42.8 Å². The highest BCUT2D eigenvalue weighted by atomic mass is 35.5. The highest BCUT2D eigenvalue weighted by Gasteiger charge is 2.11. The normalized spacial score (nSPS) is 10.9. The summed E-state index contributed by atoms with van der Waals surface area (Å²) in [6.07, 6.45) is 0. The highest BCUT2D eigenvalue weighted by Crippen LogP contribution is 2.21. The zero-order valence-corrected chi connectivity index (χ0v) is 14.4. The first-order valence-electron chi connectivity index (χ1n) is 7.80. The van der Waals surface area contributed by atoms with E-state index in [9.17, 15) is 9.18 Å². The van der Waals surface area contributed by atoms with Gasteiger partial charge in [0.1, 0.15) is 5.82 Å². The lowest BCUT2D eigenvalue weighted by molar-refractivity contribution is 0.610. The Kier molecular flexibility index (Phi) is 4.97. The minimum absolute atomic E-state index is 0.0952. The van der Waals surface area contributed by atoms with E-state index >= 15 is 0 Å². The average molecular weight is 358 g/mol. The molecule has 4 nitrogen and oxygen atoms in total. The summed E-state index contributed by atoms with van der Waals surface area (Å²) in [5, 5.41) is 5.00. The maximum atomic E-state index is 13.7. The molecule has 1 aromatic heterocycles. The summed E-state index contributed by atoms with van der Waals surface area (Å²) in [6, 6.07) is 13.6. The molecule has 2 N–H and O–H groups in total. The maximum absolute atomic E-state index is 13.7. The molecule has 0 aliphatic carbocycles. The lowest BCUT2D eigenvalue weighted by Crippen LogP contribution is -2.26. The van der Waals surface area contributed by atoms with Crippen LogP contribution >= 0.6 is 11.6 Å². The van der Waals surface area contributed by atoms with Gasteiger partial charge >= 0.3 is 0 Å². The molecule has 0 bridgehead atoms. The lowest BCUT2D eigenvalue weighted by Gasteiger charge is -2.11. The van der Waals surface area contributed by atoms with Gasteiger partial charge < -0.3 is 5.73 Å². The monoisotopic (exact) mass is 357 g/mol. The number of nitrogens with zero attached hydrogens (tertiary/aromatic N) is 2. The fourth-order valence-electron chi connectivity index (χ4n) is 2.60. The fraction of sp³-hybridized carbons (Fsp3) is 0.158. The van der Waals surface area contributed by atoms with Crippen molar-refractivity contribution in [1.82, 2.24) is 9.78 Å². The Hall–Kier alpha value is -2.50. The summed E-state index contributed by atoms with van der Waals surface area (Å²) in [7, 11) is 0. The van der Waals surface area contributed by atoms with Gasteiger partial charge in [-0.2, -0.15) is 5.10 Å². The van der Waals surface area contributed by atoms with Gasteiger partial charge in [0.25, 0.3) is 5.56 Å². The first kappa shape index (κ1) is 17.3. The fourth-order valence-corrected chi connectivity index (χ4v) is 2.80.